The number of hydrogen-bond acceptors (Lipinski definition) is 5. The van der Waals surface area contributed by atoms with Gasteiger partial charge in [-0.05, 0) is 31.6 Å². The van der Waals surface area contributed by atoms with E-state index in [1.54, 1.807) is 10.9 Å². The molecule has 3 aliphatic rings. The Bertz CT molecular complexity index is 685. The van der Waals surface area contributed by atoms with Gasteiger partial charge in [0.25, 0.3) is 0 Å². The molecule has 8 nitrogen and oxygen atoms in total. The summed E-state index contributed by atoms with van der Waals surface area (Å²) in [4.78, 5) is 26.8. The minimum absolute atomic E-state index is 0.0397. The van der Waals surface area contributed by atoms with Crippen LogP contribution in [0.4, 0.5) is 4.79 Å². The Hall–Kier alpha value is -1.93. The number of nitrogens with zero attached hydrogens (tertiary/aromatic N) is 3. The Labute approximate surface area is 159 Å². The summed E-state index contributed by atoms with van der Waals surface area (Å²) in [6, 6.07) is -0.278. The first-order valence-electron chi connectivity index (χ1n) is 9.89. The molecule has 4 heterocycles. The molecule has 0 aliphatic carbocycles. The van der Waals surface area contributed by atoms with Crippen molar-refractivity contribution in [1.29, 1.82) is 0 Å². The first-order chi connectivity index (χ1) is 13.1. The third-order valence-corrected chi connectivity index (χ3v) is 6.00. The van der Waals surface area contributed by atoms with Crippen molar-refractivity contribution in [3.63, 3.8) is 0 Å². The molecule has 3 aliphatic heterocycles. The molecule has 1 N–H and O–H groups in total. The largest absolute Gasteiger partial charge is 0.381 e. The van der Waals surface area contributed by atoms with Crippen molar-refractivity contribution in [2.45, 2.75) is 31.8 Å². The molecule has 1 aromatic heterocycles. The molecule has 0 saturated carbocycles. The average Bonchev–Trinajstić information content (AvgIpc) is 3.30. The molecule has 0 radical (unpaired) electrons. The molecule has 27 heavy (non-hydrogen) atoms. The third kappa shape index (κ3) is 4.01. The Balaban J connectivity index is 1.41. The minimum atomic E-state index is -0.278. The summed E-state index contributed by atoms with van der Waals surface area (Å²) in [5.41, 5.74) is 1.00. The number of imide groups is 1. The quantitative estimate of drug-likeness (QED) is 0.841. The summed E-state index contributed by atoms with van der Waals surface area (Å²) in [6.07, 6.45) is 7.28. The number of ether oxygens (including phenoxy) is 2. The third-order valence-electron chi connectivity index (χ3n) is 6.00. The molecule has 4 rings (SSSR count). The molecule has 0 aromatic carbocycles. The summed E-state index contributed by atoms with van der Waals surface area (Å²) >= 11 is 0. The van der Waals surface area contributed by atoms with E-state index in [9.17, 15) is 9.59 Å². The number of aromatic nitrogens is 2. The van der Waals surface area contributed by atoms with Gasteiger partial charge in [0.1, 0.15) is 0 Å². The van der Waals surface area contributed by atoms with Crippen LogP contribution < -0.4 is 5.32 Å². The van der Waals surface area contributed by atoms with Crippen molar-refractivity contribution in [3.05, 3.63) is 18.0 Å². The van der Waals surface area contributed by atoms with E-state index in [0.29, 0.717) is 25.6 Å². The lowest BCUT2D eigenvalue weighted by atomic mass is 9.87. The fourth-order valence-corrected chi connectivity index (χ4v) is 4.47. The molecular formula is C19H28N4O4. The van der Waals surface area contributed by atoms with Crippen molar-refractivity contribution in [2.24, 2.45) is 24.8 Å². The highest BCUT2D eigenvalue weighted by molar-refractivity contribution is 5.98. The Kier molecular flexibility index (Phi) is 5.45. The highest BCUT2D eigenvalue weighted by Gasteiger charge is 2.40. The molecule has 3 fully saturated rings. The molecule has 3 atom stereocenters. The highest BCUT2D eigenvalue weighted by Crippen LogP contribution is 2.35. The van der Waals surface area contributed by atoms with Crippen LogP contribution in [0.5, 0.6) is 0 Å². The number of urea groups is 1. The van der Waals surface area contributed by atoms with E-state index in [0.717, 1.165) is 44.5 Å². The predicted molar refractivity (Wildman–Crippen MR) is 96.8 cm³/mol. The van der Waals surface area contributed by atoms with E-state index in [4.69, 9.17) is 9.47 Å². The summed E-state index contributed by atoms with van der Waals surface area (Å²) in [6.45, 7) is 3.02. The van der Waals surface area contributed by atoms with Gasteiger partial charge in [-0.3, -0.25) is 14.4 Å². The maximum absolute atomic E-state index is 13.0. The SMILES string of the molecule is Cn1cc([C@@H]2OCC[C@H]2CN2C(=O)NCC(CC3CCOCC3)C2=O)cn1. The second kappa shape index (κ2) is 7.98. The lowest BCUT2D eigenvalue weighted by molar-refractivity contribution is -0.135. The predicted octanol–water partition coefficient (Wildman–Crippen LogP) is 1.48. The van der Waals surface area contributed by atoms with E-state index in [-0.39, 0.29) is 29.9 Å². The minimum Gasteiger partial charge on any atom is -0.381 e. The van der Waals surface area contributed by atoms with E-state index >= 15 is 0 Å². The number of rotatable bonds is 5. The van der Waals surface area contributed by atoms with Gasteiger partial charge < -0.3 is 14.8 Å². The summed E-state index contributed by atoms with van der Waals surface area (Å²) in [7, 11) is 1.87. The van der Waals surface area contributed by atoms with Gasteiger partial charge in [-0.2, -0.15) is 5.10 Å². The number of carbonyl (C=O) groups excluding carboxylic acids is 2. The zero-order valence-electron chi connectivity index (χ0n) is 15.8. The molecule has 0 bridgehead atoms. The molecule has 3 amide bonds. The summed E-state index contributed by atoms with van der Waals surface area (Å²) in [5, 5.41) is 7.13. The summed E-state index contributed by atoms with van der Waals surface area (Å²) < 4.78 is 13.0. The normalized spacial score (nSPS) is 30.0. The van der Waals surface area contributed by atoms with Crippen molar-refractivity contribution in [1.82, 2.24) is 20.0 Å². The van der Waals surface area contributed by atoms with Crippen molar-refractivity contribution in [3.8, 4) is 0 Å². The lowest BCUT2D eigenvalue weighted by Crippen LogP contribution is -2.56. The Morgan fingerprint density at radius 2 is 2.04 bits per heavy atom. The Morgan fingerprint density at radius 3 is 2.78 bits per heavy atom. The van der Waals surface area contributed by atoms with Crippen LogP contribution in [0.3, 0.4) is 0 Å². The average molecular weight is 376 g/mol. The number of carbonyl (C=O) groups is 2. The smallest absolute Gasteiger partial charge is 0.324 e. The first-order valence-corrected chi connectivity index (χ1v) is 9.89. The fraction of sp³-hybridized carbons (Fsp3) is 0.737. The first kappa shape index (κ1) is 18.4. The van der Waals surface area contributed by atoms with Gasteiger partial charge in [-0.15, -0.1) is 0 Å². The van der Waals surface area contributed by atoms with E-state index in [1.807, 2.05) is 13.2 Å². The number of hydrogen-bond donors (Lipinski definition) is 1. The van der Waals surface area contributed by atoms with Crippen LogP contribution in [0.1, 0.15) is 37.4 Å². The van der Waals surface area contributed by atoms with Crippen LogP contribution >= 0.6 is 0 Å². The van der Waals surface area contributed by atoms with Gasteiger partial charge in [-0.25, -0.2) is 4.79 Å². The molecular weight excluding hydrogens is 348 g/mol. The summed E-state index contributed by atoms with van der Waals surface area (Å²) in [5.74, 6) is 0.431. The van der Waals surface area contributed by atoms with Crippen LogP contribution in [-0.2, 0) is 21.3 Å². The second-order valence-electron chi connectivity index (χ2n) is 7.91. The van der Waals surface area contributed by atoms with Gasteiger partial charge in [0.2, 0.25) is 5.91 Å². The number of aryl methyl sites for hydroxylation is 1. The standard InChI is InChI=1S/C19H28N4O4/c1-22-11-16(10-21-22)17-14(4-7-27-17)12-23-18(24)15(9-20-19(23)25)8-13-2-5-26-6-3-13/h10-11,13-15,17H,2-9,12H2,1H3,(H,20,25)/t14-,15?,17+/m0/s1. The molecule has 1 aromatic rings. The van der Waals surface area contributed by atoms with Crippen molar-refractivity contribution >= 4 is 11.9 Å². The molecule has 3 saturated heterocycles. The van der Waals surface area contributed by atoms with Crippen LogP contribution in [0.2, 0.25) is 0 Å². The second-order valence-corrected chi connectivity index (χ2v) is 7.91. The molecule has 1 unspecified atom stereocenters. The Morgan fingerprint density at radius 1 is 1.22 bits per heavy atom. The maximum Gasteiger partial charge on any atom is 0.324 e. The van der Waals surface area contributed by atoms with Crippen LogP contribution in [0.25, 0.3) is 0 Å². The van der Waals surface area contributed by atoms with Crippen molar-refractivity contribution < 1.29 is 19.1 Å². The van der Waals surface area contributed by atoms with Gasteiger partial charge >= 0.3 is 6.03 Å². The van der Waals surface area contributed by atoms with Gasteiger partial charge in [0.05, 0.1) is 18.2 Å². The molecule has 0 spiro atoms. The van der Waals surface area contributed by atoms with Gasteiger partial charge in [0.15, 0.2) is 0 Å². The maximum atomic E-state index is 13.0. The van der Waals surface area contributed by atoms with E-state index in [1.165, 1.54) is 4.90 Å². The van der Waals surface area contributed by atoms with Crippen LogP contribution in [0, 0.1) is 17.8 Å². The zero-order chi connectivity index (χ0) is 18.8. The number of nitrogens with one attached hydrogen (secondary N) is 1. The fourth-order valence-electron chi connectivity index (χ4n) is 4.47. The topological polar surface area (TPSA) is 85.7 Å². The zero-order valence-corrected chi connectivity index (χ0v) is 15.8. The van der Waals surface area contributed by atoms with Gasteiger partial charge in [0, 0.05) is 57.6 Å². The molecule has 8 heteroatoms. The molecule has 148 valence electrons. The van der Waals surface area contributed by atoms with E-state index < -0.39 is 0 Å². The lowest BCUT2D eigenvalue weighted by Gasteiger charge is -2.35. The van der Waals surface area contributed by atoms with Crippen LogP contribution in [-0.4, -0.2) is 59.5 Å². The monoisotopic (exact) mass is 376 g/mol. The number of amides is 3. The van der Waals surface area contributed by atoms with E-state index in [2.05, 4.69) is 10.4 Å². The highest BCUT2D eigenvalue weighted by atomic mass is 16.5. The van der Waals surface area contributed by atoms with Crippen LogP contribution in [0.15, 0.2) is 12.4 Å². The van der Waals surface area contributed by atoms with Crippen molar-refractivity contribution in [2.75, 3.05) is 32.9 Å². The van der Waals surface area contributed by atoms with Gasteiger partial charge in [-0.1, -0.05) is 0 Å².